The van der Waals surface area contributed by atoms with Crippen molar-refractivity contribution in [1.82, 2.24) is 19.5 Å². The van der Waals surface area contributed by atoms with Crippen molar-refractivity contribution >= 4 is 28.8 Å². The summed E-state index contributed by atoms with van der Waals surface area (Å²) >= 11 is 6.25. The summed E-state index contributed by atoms with van der Waals surface area (Å²) in [5, 5.41) is 19.7. The molecule has 4 rings (SSSR count). The molecule has 184 valence electrons. The van der Waals surface area contributed by atoms with Gasteiger partial charge >= 0.3 is 0 Å². The average Bonchev–Trinajstić information content (AvgIpc) is 3.19. The molecule has 0 fully saturated rings. The molecule has 0 amide bonds. The molecule has 0 unspecified atom stereocenters. The lowest BCUT2D eigenvalue weighted by molar-refractivity contribution is 0.0656. The highest BCUT2D eigenvalue weighted by Crippen LogP contribution is 2.36. The number of aromatic nitrogens is 4. The summed E-state index contributed by atoms with van der Waals surface area (Å²) in [6.45, 7) is 7.55. The second kappa shape index (κ2) is 9.97. The molecule has 1 N–H and O–H groups in total. The van der Waals surface area contributed by atoms with Crippen molar-refractivity contribution in [3.63, 3.8) is 0 Å². The van der Waals surface area contributed by atoms with Crippen LogP contribution in [-0.2, 0) is 12.1 Å². The molecule has 36 heavy (non-hydrogen) atoms. The molecule has 0 saturated heterocycles. The van der Waals surface area contributed by atoms with E-state index >= 15 is 0 Å². The molecule has 0 atom stereocenters. The second-order valence-electron chi connectivity index (χ2n) is 8.95. The van der Waals surface area contributed by atoms with E-state index in [1.54, 1.807) is 27.0 Å². The van der Waals surface area contributed by atoms with Gasteiger partial charge in [-0.2, -0.15) is 15.2 Å². The van der Waals surface area contributed by atoms with Gasteiger partial charge in [-0.15, -0.1) is 0 Å². The Hall–Kier alpha value is -3.93. The molecular weight excluding hydrogens is 478 g/mol. The van der Waals surface area contributed by atoms with Gasteiger partial charge in [0, 0.05) is 12.6 Å². The van der Waals surface area contributed by atoms with Crippen LogP contribution in [-0.4, -0.2) is 31.7 Å². The number of imidazole rings is 1. The number of hydrogen-bond acceptors (Lipinski definition) is 7. The van der Waals surface area contributed by atoms with E-state index in [-0.39, 0.29) is 11.2 Å². The summed E-state index contributed by atoms with van der Waals surface area (Å²) in [5.41, 5.74) is 3.14. The average molecular weight is 504 g/mol. The predicted molar refractivity (Wildman–Crippen MR) is 138 cm³/mol. The fourth-order valence-electron chi connectivity index (χ4n) is 4.06. The lowest BCUT2D eigenvalue weighted by Gasteiger charge is -2.20. The molecule has 0 saturated carbocycles. The van der Waals surface area contributed by atoms with Gasteiger partial charge in [-0.25, -0.2) is 4.98 Å². The Labute approximate surface area is 214 Å². The molecule has 2 heterocycles. The Morgan fingerprint density at radius 3 is 2.36 bits per heavy atom. The third-order valence-corrected chi connectivity index (χ3v) is 5.79. The summed E-state index contributed by atoms with van der Waals surface area (Å²) in [4.78, 5) is 13.3. The molecule has 4 aromatic rings. The standard InChI is InChI=1S/C27H26ClN5O3/c1-16-13-19(7-6-12-29)14-17(2)22(16)36-24-21-23(31-26(28)32-24)30-25(27(3,4)34)33(21)15-18-8-10-20(35-5)11-9-18/h6-11,13-14,34H,15H2,1-5H3/b7-6+. The first-order valence-electron chi connectivity index (χ1n) is 11.3. The van der Waals surface area contributed by atoms with Gasteiger partial charge in [0.15, 0.2) is 11.2 Å². The number of aryl methyl sites for hydroxylation is 2. The molecule has 9 heteroatoms. The van der Waals surface area contributed by atoms with E-state index < -0.39 is 5.60 Å². The summed E-state index contributed by atoms with van der Waals surface area (Å²) < 4.78 is 13.5. The molecule has 2 aromatic heterocycles. The zero-order valence-corrected chi connectivity index (χ0v) is 21.5. The minimum Gasteiger partial charge on any atom is -0.497 e. The van der Waals surface area contributed by atoms with Gasteiger partial charge in [-0.1, -0.05) is 12.1 Å². The minimum absolute atomic E-state index is 0.0160. The highest BCUT2D eigenvalue weighted by molar-refractivity contribution is 6.28. The van der Waals surface area contributed by atoms with E-state index in [2.05, 4.69) is 15.0 Å². The van der Waals surface area contributed by atoms with E-state index in [9.17, 15) is 5.11 Å². The zero-order chi connectivity index (χ0) is 26.0. The van der Waals surface area contributed by atoms with Crippen LogP contribution in [0.3, 0.4) is 0 Å². The van der Waals surface area contributed by atoms with Crippen molar-refractivity contribution in [3.05, 3.63) is 75.8 Å². The molecule has 0 aliphatic heterocycles. The SMILES string of the molecule is COc1ccc(Cn2c(C(C)(C)O)nc3nc(Cl)nc(Oc4c(C)cc(/C=C/C#N)cc4C)c32)cc1. The largest absolute Gasteiger partial charge is 0.497 e. The molecule has 8 nitrogen and oxygen atoms in total. The highest BCUT2D eigenvalue weighted by atomic mass is 35.5. The normalized spacial score (nSPS) is 11.7. The lowest BCUT2D eigenvalue weighted by atomic mass is 10.1. The Morgan fingerprint density at radius 1 is 1.11 bits per heavy atom. The van der Waals surface area contributed by atoms with Crippen LogP contribution < -0.4 is 9.47 Å². The quantitative estimate of drug-likeness (QED) is 0.254. The van der Waals surface area contributed by atoms with Crippen LogP contribution >= 0.6 is 11.6 Å². The zero-order valence-electron chi connectivity index (χ0n) is 20.7. The van der Waals surface area contributed by atoms with Crippen LogP contribution in [0.1, 0.15) is 41.9 Å². The summed E-state index contributed by atoms with van der Waals surface area (Å²) in [5.74, 6) is 1.99. The number of benzene rings is 2. The fraction of sp³-hybridized carbons (Fsp3) is 0.259. The van der Waals surface area contributed by atoms with Crippen molar-refractivity contribution < 1.29 is 14.6 Å². The van der Waals surface area contributed by atoms with Gasteiger partial charge < -0.3 is 19.1 Å². The Morgan fingerprint density at radius 2 is 1.78 bits per heavy atom. The van der Waals surface area contributed by atoms with E-state index in [0.717, 1.165) is 28.0 Å². The number of ether oxygens (including phenoxy) is 2. The maximum atomic E-state index is 10.9. The van der Waals surface area contributed by atoms with Crippen molar-refractivity contribution in [2.45, 2.75) is 39.8 Å². The van der Waals surface area contributed by atoms with Gasteiger partial charge in [0.05, 0.1) is 13.2 Å². The smallest absolute Gasteiger partial charge is 0.250 e. The van der Waals surface area contributed by atoms with Gasteiger partial charge in [0.2, 0.25) is 11.2 Å². The summed E-state index contributed by atoms with van der Waals surface area (Å²) in [6, 6.07) is 13.5. The number of rotatable bonds is 7. The van der Waals surface area contributed by atoms with Crippen LogP contribution in [0.2, 0.25) is 5.28 Å². The van der Waals surface area contributed by atoms with Gasteiger partial charge in [-0.05, 0) is 91.9 Å². The fourth-order valence-corrected chi connectivity index (χ4v) is 4.21. The maximum absolute atomic E-state index is 10.9. The topological polar surface area (TPSA) is 106 Å². The van der Waals surface area contributed by atoms with Gasteiger partial charge in [0.25, 0.3) is 0 Å². The number of allylic oxidation sites excluding steroid dienone is 1. The van der Waals surface area contributed by atoms with E-state index in [1.165, 1.54) is 6.08 Å². The number of aliphatic hydroxyl groups is 1. The van der Waals surface area contributed by atoms with E-state index in [0.29, 0.717) is 29.3 Å². The van der Waals surface area contributed by atoms with Gasteiger partial charge in [0.1, 0.15) is 22.9 Å². The van der Waals surface area contributed by atoms with Crippen molar-refractivity contribution in [3.8, 4) is 23.4 Å². The lowest BCUT2D eigenvalue weighted by Crippen LogP contribution is -2.22. The van der Waals surface area contributed by atoms with Crippen LogP contribution in [0, 0.1) is 25.2 Å². The van der Waals surface area contributed by atoms with Crippen LogP contribution in [0.15, 0.2) is 42.5 Å². The van der Waals surface area contributed by atoms with Crippen molar-refractivity contribution in [1.29, 1.82) is 5.26 Å². The third-order valence-electron chi connectivity index (χ3n) is 5.62. The molecular formula is C27H26ClN5O3. The van der Waals surface area contributed by atoms with Crippen LogP contribution in [0.25, 0.3) is 17.2 Å². The predicted octanol–water partition coefficient (Wildman–Crippen LogP) is 5.71. The summed E-state index contributed by atoms with van der Waals surface area (Å²) in [7, 11) is 1.62. The maximum Gasteiger partial charge on any atom is 0.250 e. The Balaban J connectivity index is 1.87. The van der Waals surface area contributed by atoms with E-state index in [4.69, 9.17) is 26.3 Å². The van der Waals surface area contributed by atoms with Crippen LogP contribution in [0.5, 0.6) is 17.4 Å². The number of halogens is 1. The molecule has 0 bridgehead atoms. The molecule has 2 aromatic carbocycles. The van der Waals surface area contributed by atoms with E-state index in [1.807, 2.05) is 60.9 Å². The molecule has 0 radical (unpaired) electrons. The number of nitriles is 1. The van der Waals surface area contributed by atoms with Crippen LogP contribution in [0.4, 0.5) is 0 Å². The Bertz CT molecular complexity index is 1470. The molecule has 0 aliphatic carbocycles. The Kier molecular flexibility index (Phi) is 6.97. The second-order valence-corrected chi connectivity index (χ2v) is 9.29. The first kappa shape index (κ1) is 25.2. The minimum atomic E-state index is -1.27. The number of fused-ring (bicyclic) bond motifs is 1. The first-order valence-corrected chi connectivity index (χ1v) is 11.6. The number of methoxy groups -OCH3 is 1. The molecule has 0 aliphatic rings. The van der Waals surface area contributed by atoms with Crippen molar-refractivity contribution in [2.75, 3.05) is 7.11 Å². The molecule has 0 spiro atoms. The van der Waals surface area contributed by atoms with Crippen molar-refractivity contribution in [2.24, 2.45) is 0 Å². The highest BCUT2D eigenvalue weighted by Gasteiger charge is 2.28. The van der Waals surface area contributed by atoms with Gasteiger partial charge in [-0.3, -0.25) is 0 Å². The monoisotopic (exact) mass is 503 g/mol. The number of nitrogens with zero attached hydrogens (tertiary/aromatic N) is 5. The first-order chi connectivity index (χ1) is 17.1. The summed E-state index contributed by atoms with van der Waals surface area (Å²) in [6.07, 6.45) is 3.17. The number of hydrogen-bond donors (Lipinski definition) is 1. The third kappa shape index (κ3) is 5.18.